The molecule has 0 amide bonds. The lowest BCUT2D eigenvalue weighted by molar-refractivity contribution is 0.214. The predicted molar refractivity (Wildman–Crippen MR) is 75.7 cm³/mol. The lowest BCUT2D eigenvalue weighted by Gasteiger charge is -2.26. The molecule has 3 N–H and O–H groups in total. The van der Waals surface area contributed by atoms with Gasteiger partial charge in [0.1, 0.15) is 5.75 Å². The number of hydrogen-bond donors (Lipinski definition) is 3. The normalized spacial score (nSPS) is 16.3. The summed E-state index contributed by atoms with van der Waals surface area (Å²) in [7, 11) is -1.42. The molecule has 2 rings (SSSR count). The fraction of sp³-hybridized carbons (Fsp3) is 0.538. The lowest BCUT2D eigenvalue weighted by Crippen LogP contribution is -2.43. The van der Waals surface area contributed by atoms with Crippen molar-refractivity contribution in [2.24, 2.45) is 0 Å². The highest BCUT2D eigenvalue weighted by Gasteiger charge is 2.10. The van der Waals surface area contributed by atoms with Gasteiger partial charge in [-0.25, -0.2) is 0 Å². The minimum atomic E-state index is -1.42. The Morgan fingerprint density at radius 3 is 2.47 bits per heavy atom. The maximum atomic E-state index is 8.98. The van der Waals surface area contributed by atoms with Crippen LogP contribution in [0.1, 0.15) is 6.42 Å². The molecule has 1 aromatic rings. The standard InChI is InChI=1S/C13H21BN2O3/c17-14(18)12-2-4-13(5-3-12)19-11-1-8-16-9-6-15-7-10-16/h2-5,15,17-18H,1,6-11H2. The Labute approximate surface area is 114 Å². The fourth-order valence-corrected chi connectivity index (χ4v) is 2.15. The first kappa shape index (κ1) is 14.3. The van der Waals surface area contributed by atoms with Gasteiger partial charge < -0.3 is 25.0 Å². The Hall–Kier alpha value is -1.08. The van der Waals surface area contributed by atoms with Crippen molar-refractivity contribution in [2.75, 3.05) is 39.3 Å². The van der Waals surface area contributed by atoms with Crippen LogP contribution in [-0.2, 0) is 0 Å². The molecule has 0 radical (unpaired) electrons. The van der Waals surface area contributed by atoms with E-state index in [0.29, 0.717) is 12.1 Å². The molecule has 0 atom stereocenters. The van der Waals surface area contributed by atoms with Crippen LogP contribution in [0, 0.1) is 0 Å². The maximum absolute atomic E-state index is 8.98. The first-order valence-corrected chi connectivity index (χ1v) is 6.78. The Kier molecular flexibility index (Phi) is 5.66. The van der Waals surface area contributed by atoms with Crippen LogP contribution in [0.3, 0.4) is 0 Å². The Morgan fingerprint density at radius 2 is 1.84 bits per heavy atom. The molecule has 0 saturated carbocycles. The van der Waals surface area contributed by atoms with Gasteiger partial charge in [-0.2, -0.15) is 0 Å². The molecule has 1 aliphatic heterocycles. The molecule has 1 aliphatic rings. The van der Waals surface area contributed by atoms with Gasteiger partial charge in [0.05, 0.1) is 6.61 Å². The maximum Gasteiger partial charge on any atom is 0.488 e. The lowest BCUT2D eigenvalue weighted by atomic mass is 9.80. The quantitative estimate of drug-likeness (QED) is 0.456. The van der Waals surface area contributed by atoms with Crippen LogP contribution in [-0.4, -0.2) is 61.4 Å². The molecule has 0 aromatic heterocycles. The predicted octanol–water partition coefficient (Wildman–Crippen LogP) is -0.959. The summed E-state index contributed by atoms with van der Waals surface area (Å²) < 4.78 is 5.63. The molecule has 1 heterocycles. The molecule has 104 valence electrons. The van der Waals surface area contributed by atoms with E-state index in [-0.39, 0.29) is 0 Å². The number of benzene rings is 1. The third-order valence-electron chi connectivity index (χ3n) is 3.28. The summed E-state index contributed by atoms with van der Waals surface area (Å²) in [4.78, 5) is 2.44. The molecule has 1 fully saturated rings. The molecular weight excluding hydrogens is 243 g/mol. The van der Waals surface area contributed by atoms with Crippen LogP contribution in [0.25, 0.3) is 0 Å². The van der Waals surface area contributed by atoms with Gasteiger partial charge in [-0.15, -0.1) is 0 Å². The largest absolute Gasteiger partial charge is 0.494 e. The zero-order valence-corrected chi connectivity index (χ0v) is 11.1. The van der Waals surface area contributed by atoms with Crippen molar-refractivity contribution in [1.82, 2.24) is 10.2 Å². The second-order valence-corrected chi connectivity index (χ2v) is 4.74. The summed E-state index contributed by atoms with van der Waals surface area (Å²) in [5.41, 5.74) is 0.480. The zero-order chi connectivity index (χ0) is 13.5. The number of rotatable bonds is 6. The minimum Gasteiger partial charge on any atom is -0.494 e. The van der Waals surface area contributed by atoms with Crippen LogP contribution in [0.15, 0.2) is 24.3 Å². The summed E-state index contributed by atoms with van der Waals surface area (Å²) in [6, 6.07) is 6.85. The van der Waals surface area contributed by atoms with E-state index in [4.69, 9.17) is 14.8 Å². The van der Waals surface area contributed by atoms with E-state index < -0.39 is 7.12 Å². The van der Waals surface area contributed by atoms with E-state index in [1.54, 1.807) is 24.3 Å². The second-order valence-electron chi connectivity index (χ2n) is 4.74. The van der Waals surface area contributed by atoms with Crippen LogP contribution in [0.5, 0.6) is 5.75 Å². The molecule has 5 nitrogen and oxygen atoms in total. The topological polar surface area (TPSA) is 65.0 Å². The van der Waals surface area contributed by atoms with Crippen molar-refractivity contribution in [2.45, 2.75) is 6.42 Å². The molecular formula is C13H21BN2O3. The molecule has 0 aliphatic carbocycles. The van der Waals surface area contributed by atoms with Gasteiger partial charge in [0.2, 0.25) is 0 Å². The zero-order valence-electron chi connectivity index (χ0n) is 11.1. The highest BCUT2D eigenvalue weighted by Crippen LogP contribution is 2.08. The number of nitrogens with zero attached hydrogens (tertiary/aromatic N) is 1. The van der Waals surface area contributed by atoms with Gasteiger partial charge >= 0.3 is 7.12 Å². The summed E-state index contributed by atoms with van der Waals surface area (Å²) >= 11 is 0. The van der Waals surface area contributed by atoms with Crippen LogP contribution in [0.4, 0.5) is 0 Å². The number of nitrogens with one attached hydrogen (secondary N) is 1. The van der Waals surface area contributed by atoms with Crippen molar-refractivity contribution in [3.8, 4) is 5.75 Å². The van der Waals surface area contributed by atoms with Crippen LogP contribution < -0.4 is 15.5 Å². The monoisotopic (exact) mass is 264 g/mol. The van der Waals surface area contributed by atoms with Gasteiger partial charge in [0.15, 0.2) is 0 Å². The summed E-state index contributed by atoms with van der Waals surface area (Å²) in [6.45, 7) is 6.13. The van der Waals surface area contributed by atoms with Gasteiger partial charge in [-0.3, -0.25) is 0 Å². The Morgan fingerprint density at radius 1 is 1.16 bits per heavy atom. The Bertz CT molecular complexity index is 367. The second kappa shape index (κ2) is 7.50. The van der Waals surface area contributed by atoms with E-state index in [1.807, 2.05) is 0 Å². The van der Waals surface area contributed by atoms with Crippen molar-refractivity contribution < 1.29 is 14.8 Å². The average molecular weight is 264 g/mol. The Balaban J connectivity index is 1.64. The number of ether oxygens (including phenoxy) is 1. The molecule has 0 spiro atoms. The first-order chi connectivity index (χ1) is 9.25. The smallest absolute Gasteiger partial charge is 0.488 e. The first-order valence-electron chi connectivity index (χ1n) is 6.78. The summed E-state index contributed by atoms with van der Waals surface area (Å²) in [5, 5.41) is 21.3. The van der Waals surface area contributed by atoms with E-state index in [1.165, 1.54) is 0 Å². The van der Waals surface area contributed by atoms with Crippen molar-refractivity contribution in [3.63, 3.8) is 0 Å². The number of piperazine rings is 1. The van der Waals surface area contributed by atoms with E-state index >= 15 is 0 Å². The van der Waals surface area contributed by atoms with Gasteiger partial charge in [-0.05, 0) is 24.0 Å². The molecule has 1 aromatic carbocycles. The SMILES string of the molecule is OB(O)c1ccc(OCCCN2CCNCC2)cc1. The van der Waals surface area contributed by atoms with Crippen molar-refractivity contribution in [1.29, 1.82) is 0 Å². The summed E-state index contributed by atoms with van der Waals surface area (Å²) in [6.07, 6.45) is 1.00. The van der Waals surface area contributed by atoms with Gasteiger partial charge in [-0.1, -0.05) is 12.1 Å². The van der Waals surface area contributed by atoms with Crippen LogP contribution >= 0.6 is 0 Å². The minimum absolute atomic E-state index is 0.480. The fourth-order valence-electron chi connectivity index (χ4n) is 2.15. The highest BCUT2D eigenvalue weighted by atomic mass is 16.5. The van der Waals surface area contributed by atoms with Gasteiger partial charge in [0, 0.05) is 32.7 Å². The van der Waals surface area contributed by atoms with Gasteiger partial charge in [0.25, 0.3) is 0 Å². The van der Waals surface area contributed by atoms with Crippen molar-refractivity contribution >= 4 is 12.6 Å². The van der Waals surface area contributed by atoms with Crippen LogP contribution in [0.2, 0.25) is 0 Å². The van der Waals surface area contributed by atoms with E-state index in [0.717, 1.165) is 44.9 Å². The molecule has 19 heavy (non-hydrogen) atoms. The van der Waals surface area contributed by atoms with Crippen molar-refractivity contribution in [3.05, 3.63) is 24.3 Å². The number of hydrogen-bond acceptors (Lipinski definition) is 5. The average Bonchev–Trinajstić information content (AvgIpc) is 2.45. The highest BCUT2D eigenvalue weighted by molar-refractivity contribution is 6.58. The molecule has 6 heteroatoms. The van der Waals surface area contributed by atoms with E-state index in [9.17, 15) is 0 Å². The summed E-state index contributed by atoms with van der Waals surface area (Å²) in [5.74, 6) is 0.768. The third-order valence-corrected chi connectivity index (χ3v) is 3.28. The third kappa shape index (κ3) is 4.83. The molecule has 1 saturated heterocycles. The molecule has 0 bridgehead atoms. The van der Waals surface area contributed by atoms with E-state index in [2.05, 4.69) is 10.2 Å². The molecule has 0 unspecified atom stereocenters.